The number of hydrogen-bond donors (Lipinski definition) is 4. The van der Waals surface area contributed by atoms with E-state index in [1.54, 1.807) is 23.9 Å². The number of hydrogen-bond acceptors (Lipinski definition) is 10. The fourth-order valence-corrected chi connectivity index (χ4v) is 5.75. The number of likely N-dealkylation sites (tertiary alicyclic amines) is 1. The Balaban J connectivity index is 0.000000476. The molecule has 14 nitrogen and oxygen atoms in total. The van der Waals surface area contributed by atoms with Crippen LogP contribution in [0.4, 0.5) is 26.3 Å². The highest BCUT2D eigenvalue weighted by molar-refractivity contribution is 6.36. The molecular weight excluding hydrogens is 781 g/mol. The van der Waals surface area contributed by atoms with Gasteiger partial charge in [-0.1, -0.05) is 47.5 Å². The van der Waals surface area contributed by atoms with Crippen LogP contribution in [0.25, 0.3) is 22.3 Å². The summed E-state index contributed by atoms with van der Waals surface area (Å²) in [5, 5.41) is 30.8. The Morgan fingerprint density at radius 2 is 1.44 bits per heavy atom. The highest BCUT2D eigenvalue weighted by atomic mass is 35.5. The molecule has 2 aromatic carbocycles. The van der Waals surface area contributed by atoms with E-state index in [1.165, 1.54) is 18.0 Å². The molecule has 2 aromatic heterocycles. The van der Waals surface area contributed by atoms with Gasteiger partial charge in [-0.05, 0) is 30.5 Å². The standard InChI is InChI=1S/C28H30Cl2N6O4.2C2HF3O2/c1-34-25(18-5-3-17(13-31)4-6-18)23-24(33-34)26(37)36(16-32-23)15-28(39)7-9-35(10-8-28)14-20-21(29)11-19(12-22(20)30)27(38)40-2;2*3-2(4,5)1(6)7/h3-6,11-12,16,39H,7-10,13-15,31H2,1-2H3;2*(H,6,7). The topological polar surface area (TPSA) is 203 Å². The molecule has 0 radical (unpaired) electrons. The first-order valence-corrected chi connectivity index (χ1v) is 16.1. The first-order chi connectivity index (χ1) is 25.0. The van der Waals surface area contributed by atoms with Crippen molar-refractivity contribution < 1.29 is 60.8 Å². The highest BCUT2D eigenvalue weighted by Crippen LogP contribution is 2.32. The second kappa shape index (κ2) is 17.6. The lowest BCUT2D eigenvalue weighted by atomic mass is 9.91. The molecule has 3 heterocycles. The van der Waals surface area contributed by atoms with Crippen molar-refractivity contribution in [3.05, 3.63) is 79.8 Å². The number of aryl methyl sites for hydroxylation is 1. The van der Waals surface area contributed by atoms with Gasteiger partial charge in [-0.25, -0.2) is 19.4 Å². The number of piperidine rings is 1. The molecule has 1 saturated heterocycles. The van der Waals surface area contributed by atoms with Crippen LogP contribution in [0.3, 0.4) is 0 Å². The molecule has 0 atom stereocenters. The maximum Gasteiger partial charge on any atom is 0.490 e. The van der Waals surface area contributed by atoms with Crippen LogP contribution in [0.1, 0.15) is 34.3 Å². The summed E-state index contributed by atoms with van der Waals surface area (Å²) in [5.41, 5.74) is 8.72. The second-order valence-corrected chi connectivity index (χ2v) is 12.6. The number of nitrogens with two attached hydrogens (primary N) is 1. The van der Waals surface area contributed by atoms with Gasteiger partial charge in [0.25, 0.3) is 5.56 Å². The Bertz CT molecular complexity index is 2000. The SMILES string of the molecule is COC(=O)c1cc(Cl)c(CN2CCC(O)(Cn3cnc4c(-c5ccc(CN)cc5)n(C)nc4c3=O)CC2)c(Cl)c1.O=C(O)C(F)(F)F.O=C(O)C(F)(F)F. The number of benzene rings is 2. The van der Waals surface area contributed by atoms with Gasteiger partial charge in [0, 0.05) is 54.4 Å². The van der Waals surface area contributed by atoms with Gasteiger partial charge in [-0.3, -0.25) is 18.9 Å². The number of nitrogens with zero attached hydrogens (tertiary/aromatic N) is 5. The lowest BCUT2D eigenvalue weighted by molar-refractivity contribution is -0.193. The molecule has 5 rings (SSSR count). The third kappa shape index (κ3) is 11.1. The average molecular weight is 814 g/mol. The number of carbonyl (C=O) groups is 3. The van der Waals surface area contributed by atoms with Crippen LogP contribution < -0.4 is 11.3 Å². The fraction of sp³-hybridized carbons (Fsp3) is 0.375. The molecule has 0 bridgehead atoms. The Morgan fingerprint density at radius 3 is 1.89 bits per heavy atom. The van der Waals surface area contributed by atoms with Crippen molar-refractivity contribution in [2.45, 2.75) is 50.4 Å². The summed E-state index contributed by atoms with van der Waals surface area (Å²) in [7, 11) is 3.08. The van der Waals surface area contributed by atoms with Crippen LogP contribution in [0.5, 0.6) is 0 Å². The van der Waals surface area contributed by atoms with Gasteiger partial charge < -0.3 is 25.8 Å². The molecule has 0 unspecified atom stereocenters. The molecule has 0 amide bonds. The van der Waals surface area contributed by atoms with Gasteiger partial charge in [0.05, 0.1) is 36.8 Å². The maximum atomic E-state index is 13.4. The number of fused-ring (bicyclic) bond motifs is 1. The number of esters is 1. The minimum atomic E-state index is -5.08. The van der Waals surface area contributed by atoms with Gasteiger partial charge in [-0.15, -0.1) is 0 Å². The zero-order chi connectivity index (χ0) is 40.8. The molecule has 4 aromatic rings. The highest BCUT2D eigenvalue weighted by Gasteiger charge is 2.39. The monoisotopic (exact) mass is 812 g/mol. The van der Waals surface area contributed by atoms with Gasteiger partial charge in [0.15, 0.2) is 5.52 Å². The minimum Gasteiger partial charge on any atom is -0.475 e. The molecule has 0 aliphatic carbocycles. The Morgan fingerprint density at radius 1 is 0.944 bits per heavy atom. The van der Waals surface area contributed by atoms with E-state index < -0.39 is 35.9 Å². The summed E-state index contributed by atoms with van der Waals surface area (Å²) in [6, 6.07) is 10.9. The Kier molecular flexibility index (Phi) is 14.2. The molecule has 1 fully saturated rings. The Labute approximate surface area is 311 Å². The predicted octanol–water partition coefficient (Wildman–Crippen LogP) is 4.64. The van der Waals surface area contributed by atoms with Gasteiger partial charge in [0.1, 0.15) is 5.52 Å². The smallest absolute Gasteiger partial charge is 0.475 e. The van der Waals surface area contributed by atoms with Crippen molar-refractivity contribution in [1.82, 2.24) is 24.2 Å². The normalized spacial score (nSPS) is 14.4. The molecule has 5 N–H and O–H groups in total. The van der Waals surface area contributed by atoms with E-state index in [2.05, 4.69) is 15.0 Å². The van der Waals surface area contributed by atoms with Crippen molar-refractivity contribution in [1.29, 1.82) is 0 Å². The van der Waals surface area contributed by atoms with Gasteiger partial charge >= 0.3 is 30.3 Å². The third-order valence-corrected chi connectivity index (χ3v) is 8.63. The number of ether oxygens (including phenoxy) is 1. The number of rotatable bonds is 7. The van der Waals surface area contributed by atoms with Crippen molar-refractivity contribution in [3.63, 3.8) is 0 Å². The number of alkyl halides is 6. The van der Waals surface area contributed by atoms with Crippen LogP contribution in [0.2, 0.25) is 10.0 Å². The zero-order valence-corrected chi connectivity index (χ0v) is 29.7. The molecule has 0 saturated carbocycles. The minimum absolute atomic E-state index is 0.106. The number of aliphatic hydroxyl groups is 1. The fourth-order valence-electron chi connectivity index (χ4n) is 5.15. The number of aromatic nitrogens is 4. The van der Waals surface area contributed by atoms with Crippen LogP contribution >= 0.6 is 23.2 Å². The number of carboxylic acids is 2. The molecule has 1 aliphatic heterocycles. The summed E-state index contributed by atoms with van der Waals surface area (Å²) >= 11 is 12.8. The summed E-state index contributed by atoms with van der Waals surface area (Å²) in [4.78, 5) is 49.7. The van der Waals surface area contributed by atoms with E-state index >= 15 is 0 Å². The first-order valence-electron chi connectivity index (χ1n) is 15.3. The van der Waals surface area contributed by atoms with Crippen LogP contribution in [-0.2, 0) is 41.0 Å². The van der Waals surface area contributed by atoms with Crippen molar-refractivity contribution in [2.24, 2.45) is 12.8 Å². The molecule has 1 aliphatic rings. The van der Waals surface area contributed by atoms with Gasteiger partial charge in [0.2, 0.25) is 0 Å². The van der Waals surface area contributed by atoms with Crippen molar-refractivity contribution >= 4 is 52.1 Å². The quantitative estimate of drug-likeness (QED) is 0.149. The van der Waals surface area contributed by atoms with E-state index in [-0.39, 0.29) is 23.2 Å². The van der Waals surface area contributed by atoms with Gasteiger partial charge in [-0.2, -0.15) is 31.4 Å². The maximum absolute atomic E-state index is 13.4. The van der Waals surface area contributed by atoms with Crippen LogP contribution in [-0.4, -0.2) is 95.6 Å². The summed E-state index contributed by atoms with van der Waals surface area (Å²) in [6.07, 6.45) is -7.81. The number of aliphatic carboxylic acids is 2. The number of carboxylic acid groups (broad SMARTS) is 2. The summed E-state index contributed by atoms with van der Waals surface area (Å²) < 4.78 is 71.3. The summed E-state index contributed by atoms with van der Waals surface area (Å²) in [6.45, 7) is 2.15. The van der Waals surface area contributed by atoms with Crippen molar-refractivity contribution in [2.75, 3.05) is 20.2 Å². The average Bonchev–Trinajstić information content (AvgIpc) is 3.44. The van der Waals surface area contributed by atoms with E-state index in [1.807, 2.05) is 24.3 Å². The second-order valence-electron chi connectivity index (χ2n) is 11.8. The number of methoxy groups -OCH3 is 1. The molecular formula is C32H32Cl2F6N6O8. The Hall–Kier alpha value is -4.76. The summed E-state index contributed by atoms with van der Waals surface area (Å²) in [5.74, 6) is -6.02. The van der Waals surface area contributed by atoms with Crippen LogP contribution in [0.15, 0.2) is 47.5 Å². The van der Waals surface area contributed by atoms with E-state index in [0.29, 0.717) is 60.1 Å². The lowest BCUT2D eigenvalue weighted by Gasteiger charge is -2.38. The van der Waals surface area contributed by atoms with Crippen LogP contribution in [0, 0.1) is 0 Å². The molecule has 294 valence electrons. The van der Waals surface area contributed by atoms with E-state index in [4.69, 9.17) is 53.5 Å². The molecule has 0 spiro atoms. The lowest BCUT2D eigenvalue weighted by Crippen LogP contribution is -2.47. The molecule has 54 heavy (non-hydrogen) atoms. The first kappa shape index (κ1) is 43.6. The number of carbonyl (C=O) groups excluding carboxylic acids is 1. The number of halogens is 8. The predicted molar refractivity (Wildman–Crippen MR) is 181 cm³/mol. The van der Waals surface area contributed by atoms with E-state index in [0.717, 1.165) is 16.8 Å². The van der Waals surface area contributed by atoms with Crippen molar-refractivity contribution in [3.8, 4) is 11.3 Å². The zero-order valence-electron chi connectivity index (χ0n) is 28.2. The third-order valence-electron chi connectivity index (χ3n) is 7.96. The van der Waals surface area contributed by atoms with E-state index in [9.17, 15) is 41.0 Å². The molecule has 22 heteroatoms. The largest absolute Gasteiger partial charge is 0.490 e.